The summed E-state index contributed by atoms with van der Waals surface area (Å²) in [6, 6.07) is 6.11. The molecule has 1 fully saturated rings. The minimum absolute atomic E-state index is 0.194. The number of thiol groups is 1. The number of carbonyl (C=O) groups excluding carboxylic acids is 1. The number of hydrogen-bond acceptors (Lipinski definition) is 4. The highest BCUT2D eigenvalue weighted by Crippen LogP contribution is 2.14. The van der Waals surface area contributed by atoms with E-state index < -0.39 is 16.1 Å². The Morgan fingerprint density at radius 3 is 2.64 bits per heavy atom. The number of benzene rings is 1. The predicted molar refractivity (Wildman–Crippen MR) is 89.6 cm³/mol. The van der Waals surface area contributed by atoms with Crippen LogP contribution in [0.25, 0.3) is 0 Å². The van der Waals surface area contributed by atoms with Crippen molar-refractivity contribution in [2.75, 3.05) is 12.3 Å². The number of rotatable bonds is 6. The fourth-order valence-electron chi connectivity index (χ4n) is 2.43. The van der Waals surface area contributed by atoms with Crippen molar-refractivity contribution in [2.24, 2.45) is 0 Å². The molecular formula is C15H22N2O3S2. The molecule has 1 aliphatic heterocycles. The van der Waals surface area contributed by atoms with Gasteiger partial charge in [-0.1, -0.05) is 12.1 Å². The number of amides is 1. The Balaban J connectivity index is 2.07. The molecule has 7 heteroatoms. The van der Waals surface area contributed by atoms with E-state index in [0.29, 0.717) is 13.0 Å². The van der Waals surface area contributed by atoms with Gasteiger partial charge in [-0.15, -0.1) is 0 Å². The first-order valence-corrected chi connectivity index (χ1v) is 9.64. The predicted octanol–water partition coefficient (Wildman–Crippen LogP) is 1.50. The first-order chi connectivity index (χ1) is 10.5. The van der Waals surface area contributed by atoms with E-state index in [2.05, 4.69) is 22.7 Å². The Morgan fingerprint density at radius 2 is 1.95 bits per heavy atom. The van der Waals surface area contributed by atoms with Gasteiger partial charge >= 0.3 is 0 Å². The highest BCUT2D eigenvalue weighted by Gasteiger charge is 2.26. The maximum absolute atomic E-state index is 12.4. The standard InChI is InChI=1S/C15H22N2O3S2/c18-15-14(5-1-2-10-16-15)17-22(19,20)13-8-6-12(7-9-13)4-3-11-21/h6-9,14,17,21H,1-5,10-11H2,(H,16,18). The van der Waals surface area contributed by atoms with Gasteiger partial charge in [0.05, 0.1) is 4.90 Å². The maximum atomic E-state index is 12.4. The van der Waals surface area contributed by atoms with Crippen molar-refractivity contribution >= 4 is 28.6 Å². The van der Waals surface area contributed by atoms with E-state index >= 15 is 0 Å². The molecule has 2 N–H and O–H groups in total. The Kier molecular flexibility index (Phi) is 6.28. The van der Waals surface area contributed by atoms with Crippen molar-refractivity contribution in [3.8, 4) is 0 Å². The lowest BCUT2D eigenvalue weighted by atomic mass is 10.1. The molecule has 1 aromatic rings. The monoisotopic (exact) mass is 342 g/mol. The third-order valence-electron chi connectivity index (χ3n) is 3.69. The second kappa shape index (κ2) is 7.99. The number of carbonyl (C=O) groups is 1. The highest BCUT2D eigenvalue weighted by atomic mass is 32.2. The van der Waals surface area contributed by atoms with Crippen molar-refractivity contribution in [1.82, 2.24) is 10.0 Å². The average molecular weight is 342 g/mol. The van der Waals surface area contributed by atoms with Crippen molar-refractivity contribution < 1.29 is 13.2 Å². The van der Waals surface area contributed by atoms with Crippen molar-refractivity contribution in [3.05, 3.63) is 29.8 Å². The lowest BCUT2D eigenvalue weighted by Gasteiger charge is -2.15. The van der Waals surface area contributed by atoms with Crippen LogP contribution in [0.3, 0.4) is 0 Å². The minimum atomic E-state index is -3.67. The van der Waals surface area contributed by atoms with Crippen LogP contribution in [0.5, 0.6) is 0 Å². The van der Waals surface area contributed by atoms with Gasteiger partial charge in [0, 0.05) is 6.54 Å². The van der Waals surface area contributed by atoms with E-state index in [1.54, 1.807) is 12.1 Å². The molecule has 1 saturated heterocycles. The quantitative estimate of drug-likeness (QED) is 0.686. The number of sulfonamides is 1. The Morgan fingerprint density at radius 1 is 1.23 bits per heavy atom. The Bertz CT molecular complexity index is 600. The Labute approximate surface area is 137 Å². The summed E-state index contributed by atoms with van der Waals surface area (Å²) in [5, 5.41) is 2.73. The van der Waals surface area contributed by atoms with E-state index in [-0.39, 0.29) is 10.8 Å². The summed E-state index contributed by atoms with van der Waals surface area (Å²) in [4.78, 5) is 12.0. The molecule has 0 bridgehead atoms. The molecule has 0 saturated carbocycles. The molecule has 1 heterocycles. The van der Waals surface area contributed by atoms with E-state index in [0.717, 1.165) is 37.0 Å². The fourth-order valence-corrected chi connectivity index (χ4v) is 3.81. The van der Waals surface area contributed by atoms with Crippen LogP contribution in [0.4, 0.5) is 0 Å². The molecule has 1 atom stereocenters. The summed E-state index contributed by atoms with van der Waals surface area (Å²) >= 11 is 4.16. The second-order valence-corrected chi connectivity index (χ2v) is 7.59. The van der Waals surface area contributed by atoms with Crippen LogP contribution < -0.4 is 10.0 Å². The van der Waals surface area contributed by atoms with Gasteiger partial charge in [0.2, 0.25) is 15.9 Å². The van der Waals surface area contributed by atoms with Gasteiger partial charge in [0.15, 0.2) is 0 Å². The zero-order chi connectivity index (χ0) is 16.0. The van der Waals surface area contributed by atoms with Crippen LogP contribution in [0.15, 0.2) is 29.2 Å². The Hall–Kier alpha value is -1.05. The van der Waals surface area contributed by atoms with Crippen LogP contribution in [0.2, 0.25) is 0 Å². The molecular weight excluding hydrogens is 320 g/mol. The molecule has 1 amide bonds. The SMILES string of the molecule is O=C1NCCCCC1NS(=O)(=O)c1ccc(CCCS)cc1. The molecule has 1 unspecified atom stereocenters. The molecule has 0 spiro atoms. The van der Waals surface area contributed by atoms with Crippen LogP contribution in [-0.2, 0) is 21.2 Å². The van der Waals surface area contributed by atoms with Gasteiger partial charge in [-0.25, -0.2) is 8.42 Å². The topological polar surface area (TPSA) is 75.3 Å². The number of hydrogen-bond donors (Lipinski definition) is 3. The first-order valence-electron chi connectivity index (χ1n) is 7.53. The van der Waals surface area contributed by atoms with Crippen molar-refractivity contribution in [2.45, 2.75) is 43.0 Å². The molecule has 2 rings (SSSR count). The molecule has 122 valence electrons. The fraction of sp³-hybridized carbons (Fsp3) is 0.533. The van der Waals surface area contributed by atoms with E-state index in [1.807, 2.05) is 12.1 Å². The summed E-state index contributed by atoms with van der Waals surface area (Å²) in [6.45, 7) is 0.608. The normalized spacial score (nSPS) is 19.5. The van der Waals surface area contributed by atoms with E-state index in [1.165, 1.54) is 0 Å². The molecule has 0 radical (unpaired) electrons. The first kappa shape index (κ1) is 17.3. The molecule has 0 aliphatic carbocycles. The van der Waals surface area contributed by atoms with Gasteiger partial charge in [-0.2, -0.15) is 17.4 Å². The summed E-state index contributed by atoms with van der Waals surface area (Å²) in [6.07, 6.45) is 4.07. The molecule has 22 heavy (non-hydrogen) atoms. The summed E-state index contributed by atoms with van der Waals surface area (Å²) in [5.74, 6) is 0.560. The van der Waals surface area contributed by atoms with Crippen LogP contribution in [0, 0.1) is 0 Å². The van der Waals surface area contributed by atoms with Crippen LogP contribution >= 0.6 is 12.6 Å². The zero-order valence-electron chi connectivity index (χ0n) is 12.4. The minimum Gasteiger partial charge on any atom is -0.355 e. The highest BCUT2D eigenvalue weighted by molar-refractivity contribution is 7.89. The molecule has 5 nitrogen and oxygen atoms in total. The van der Waals surface area contributed by atoms with Gasteiger partial charge < -0.3 is 5.32 Å². The van der Waals surface area contributed by atoms with Gasteiger partial charge in [0.1, 0.15) is 6.04 Å². The summed E-state index contributed by atoms with van der Waals surface area (Å²) in [7, 11) is -3.67. The second-order valence-electron chi connectivity index (χ2n) is 5.43. The lowest BCUT2D eigenvalue weighted by molar-refractivity contribution is -0.122. The molecule has 1 aromatic carbocycles. The molecule has 1 aliphatic rings. The zero-order valence-corrected chi connectivity index (χ0v) is 14.1. The third-order valence-corrected chi connectivity index (χ3v) is 5.49. The van der Waals surface area contributed by atoms with E-state index in [4.69, 9.17) is 0 Å². The van der Waals surface area contributed by atoms with Crippen LogP contribution in [0.1, 0.15) is 31.2 Å². The third kappa shape index (κ3) is 4.72. The maximum Gasteiger partial charge on any atom is 0.241 e. The van der Waals surface area contributed by atoms with E-state index in [9.17, 15) is 13.2 Å². The lowest BCUT2D eigenvalue weighted by Crippen LogP contribution is -2.45. The van der Waals surface area contributed by atoms with Crippen LogP contribution in [-0.4, -0.2) is 32.7 Å². The van der Waals surface area contributed by atoms with Gasteiger partial charge in [-0.3, -0.25) is 4.79 Å². The smallest absolute Gasteiger partial charge is 0.241 e. The van der Waals surface area contributed by atoms with Crippen molar-refractivity contribution in [3.63, 3.8) is 0 Å². The molecule has 0 aromatic heterocycles. The van der Waals surface area contributed by atoms with Crippen molar-refractivity contribution in [1.29, 1.82) is 0 Å². The average Bonchev–Trinajstić information content (AvgIpc) is 2.70. The number of nitrogens with one attached hydrogen (secondary N) is 2. The number of aryl methyl sites for hydroxylation is 1. The summed E-state index contributed by atoms with van der Waals surface area (Å²) < 4.78 is 27.3. The van der Waals surface area contributed by atoms with Gasteiger partial charge in [-0.05, 0) is 55.6 Å². The largest absolute Gasteiger partial charge is 0.355 e. The van der Waals surface area contributed by atoms with Gasteiger partial charge in [0.25, 0.3) is 0 Å². The summed E-state index contributed by atoms with van der Waals surface area (Å²) in [5.41, 5.74) is 1.08.